The monoisotopic (exact) mass is 253 g/mol. The summed E-state index contributed by atoms with van der Waals surface area (Å²) in [5, 5.41) is 3.28. The first kappa shape index (κ1) is 12.0. The molecule has 3 fully saturated rings. The van der Waals surface area contributed by atoms with Gasteiger partial charge in [-0.3, -0.25) is 14.9 Å². The van der Waals surface area contributed by atoms with E-state index in [-0.39, 0.29) is 23.9 Å². The Bertz CT molecular complexity index is 383. The second kappa shape index (κ2) is 4.23. The Kier molecular flexibility index (Phi) is 2.81. The van der Waals surface area contributed by atoms with E-state index in [9.17, 15) is 9.59 Å². The van der Waals surface area contributed by atoms with Crippen LogP contribution in [0.25, 0.3) is 0 Å². The molecule has 0 unspecified atom stereocenters. The summed E-state index contributed by atoms with van der Waals surface area (Å²) in [4.78, 5) is 23.8. The summed E-state index contributed by atoms with van der Waals surface area (Å²) in [6, 6.07) is -0.389. The molecular weight excluding hydrogens is 234 g/mol. The minimum Gasteiger partial charge on any atom is -0.465 e. The van der Waals surface area contributed by atoms with Crippen molar-refractivity contribution in [2.45, 2.75) is 56.7 Å². The topological polar surface area (TPSA) is 64.6 Å². The maximum absolute atomic E-state index is 12.1. The predicted octanol–water partition coefficient (Wildman–Crippen LogP) is 0.766. The molecule has 3 rings (SSSR count). The van der Waals surface area contributed by atoms with Crippen LogP contribution < -0.4 is 5.32 Å². The first-order valence-electron chi connectivity index (χ1n) is 6.82. The number of ether oxygens (including phenoxy) is 2. The predicted molar refractivity (Wildman–Crippen MR) is 62.7 cm³/mol. The number of carbonyl (C=O) groups excluding carboxylic acids is 2. The highest BCUT2D eigenvalue weighted by molar-refractivity contribution is 5.82. The van der Waals surface area contributed by atoms with Gasteiger partial charge >= 0.3 is 11.9 Å². The quantitative estimate of drug-likeness (QED) is 0.736. The van der Waals surface area contributed by atoms with E-state index in [1.807, 2.05) is 0 Å². The van der Waals surface area contributed by atoms with Gasteiger partial charge in [0, 0.05) is 12.0 Å². The first-order valence-corrected chi connectivity index (χ1v) is 6.82. The van der Waals surface area contributed by atoms with Crippen molar-refractivity contribution in [1.29, 1.82) is 0 Å². The van der Waals surface area contributed by atoms with Crippen LogP contribution in [0.2, 0.25) is 0 Å². The Labute approximate surface area is 106 Å². The van der Waals surface area contributed by atoms with Crippen LogP contribution >= 0.6 is 0 Å². The normalized spacial score (nSPS) is 42.1. The lowest BCUT2D eigenvalue weighted by atomic mass is 9.70. The Morgan fingerprint density at radius 1 is 1.56 bits per heavy atom. The molecule has 18 heavy (non-hydrogen) atoms. The summed E-state index contributed by atoms with van der Waals surface area (Å²) >= 11 is 0. The van der Waals surface area contributed by atoms with Crippen LogP contribution in [0.4, 0.5) is 0 Å². The molecule has 5 nitrogen and oxygen atoms in total. The maximum atomic E-state index is 12.1. The molecule has 0 amide bonds. The molecule has 100 valence electrons. The van der Waals surface area contributed by atoms with Gasteiger partial charge in [-0.15, -0.1) is 0 Å². The zero-order chi connectivity index (χ0) is 12.8. The van der Waals surface area contributed by atoms with Crippen LogP contribution in [-0.4, -0.2) is 36.2 Å². The molecule has 4 atom stereocenters. The lowest BCUT2D eigenvalue weighted by Gasteiger charge is -2.44. The highest BCUT2D eigenvalue weighted by Gasteiger charge is 2.64. The van der Waals surface area contributed by atoms with Crippen LogP contribution in [0.15, 0.2) is 0 Å². The third kappa shape index (κ3) is 1.56. The van der Waals surface area contributed by atoms with Crippen molar-refractivity contribution in [1.82, 2.24) is 5.32 Å². The van der Waals surface area contributed by atoms with E-state index in [2.05, 4.69) is 5.32 Å². The van der Waals surface area contributed by atoms with Crippen LogP contribution in [-0.2, 0) is 19.1 Å². The van der Waals surface area contributed by atoms with E-state index in [0.717, 1.165) is 25.7 Å². The number of hydrogen-bond acceptors (Lipinski definition) is 5. The van der Waals surface area contributed by atoms with Gasteiger partial charge in [-0.1, -0.05) is 6.42 Å². The number of rotatable bonds is 2. The SMILES string of the molecule is CCOC(=O)[C@H]1N[C@H]2CC(=O)O[C@@]13CCCC[C@H]23. The average Bonchev–Trinajstić information content (AvgIpc) is 2.56. The minimum absolute atomic E-state index is 0.0842. The van der Waals surface area contributed by atoms with Crippen molar-refractivity contribution in [3.05, 3.63) is 0 Å². The number of nitrogens with one attached hydrogen (secondary N) is 1. The van der Waals surface area contributed by atoms with E-state index in [1.165, 1.54) is 0 Å². The van der Waals surface area contributed by atoms with Crippen molar-refractivity contribution in [3.63, 3.8) is 0 Å². The van der Waals surface area contributed by atoms with E-state index >= 15 is 0 Å². The zero-order valence-electron chi connectivity index (χ0n) is 10.6. The first-order chi connectivity index (χ1) is 8.67. The van der Waals surface area contributed by atoms with Gasteiger partial charge < -0.3 is 9.47 Å². The molecule has 3 aliphatic rings. The second-order valence-corrected chi connectivity index (χ2v) is 5.44. The summed E-state index contributed by atoms with van der Waals surface area (Å²) in [5.41, 5.74) is -0.634. The third-order valence-corrected chi connectivity index (χ3v) is 4.53. The standard InChI is InChI=1S/C13H19NO4/c1-2-17-12(16)11-13-6-4-3-5-8(13)9(14-11)7-10(15)18-13/h8-9,11,14H,2-7H2,1H3/t8-,9+,11-,13-/m1/s1. The molecule has 2 aliphatic heterocycles. The van der Waals surface area contributed by atoms with E-state index in [0.29, 0.717) is 13.0 Å². The lowest BCUT2D eigenvalue weighted by Crippen LogP contribution is -2.56. The third-order valence-electron chi connectivity index (χ3n) is 4.53. The Morgan fingerprint density at radius 2 is 2.39 bits per heavy atom. The summed E-state index contributed by atoms with van der Waals surface area (Å²) in [6.45, 7) is 2.15. The van der Waals surface area contributed by atoms with Crippen LogP contribution in [0, 0.1) is 5.92 Å². The van der Waals surface area contributed by atoms with E-state index in [4.69, 9.17) is 9.47 Å². The fraction of sp³-hybridized carbons (Fsp3) is 0.846. The largest absolute Gasteiger partial charge is 0.465 e. The zero-order valence-corrected chi connectivity index (χ0v) is 10.6. The molecule has 1 saturated carbocycles. The summed E-state index contributed by atoms with van der Waals surface area (Å²) < 4.78 is 10.8. The Morgan fingerprint density at radius 3 is 3.17 bits per heavy atom. The number of esters is 2. The van der Waals surface area contributed by atoms with Crippen molar-refractivity contribution in [2.75, 3.05) is 6.61 Å². The Balaban J connectivity index is 1.92. The minimum atomic E-state index is -0.634. The summed E-state index contributed by atoms with van der Waals surface area (Å²) in [7, 11) is 0. The molecule has 0 aromatic heterocycles. The average molecular weight is 253 g/mol. The summed E-state index contributed by atoms with van der Waals surface area (Å²) in [6.07, 6.45) is 4.34. The molecule has 2 heterocycles. The van der Waals surface area contributed by atoms with Gasteiger partial charge in [0.05, 0.1) is 13.0 Å². The fourth-order valence-corrected chi connectivity index (χ4v) is 3.88. The van der Waals surface area contributed by atoms with Crippen LogP contribution in [0.5, 0.6) is 0 Å². The van der Waals surface area contributed by atoms with Crippen molar-refractivity contribution < 1.29 is 19.1 Å². The smallest absolute Gasteiger partial charge is 0.327 e. The highest BCUT2D eigenvalue weighted by Crippen LogP contribution is 2.49. The van der Waals surface area contributed by atoms with Gasteiger partial charge in [0.1, 0.15) is 11.6 Å². The van der Waals surface area contributed by atoms with E-state index < -0.39 is 11.6 Å². The molecule has 5 heteroatoms. The summed E-state index contributed by atoms with van der Waals surface area (Å²) in [5.74, 6) is -0.183. The number of carbonyl (C=O) groups is 2. The molecule has 2 bridgehead atoms. The highest BCUT2D eigenvalue weighted by atomic mass is 16.6. The van der Waals surface area contributed by atoms with Crippen LogP contribution in [0.3, 0.4) is 0 Å². The molecule has 0 spiro atoms. The second-order valence-electron chi connectivity index (χ2n) is 5.44. The molecule has 0 aromatic carbocycles. The molecular formula is C13H19NO4. The molecule has 0 radical (unpaired) electrons. The van der Waals surface area contributed by atoms with Gasteiger partial charge in [-0.05, 0) is 26.2 Å². The maximum Gasteiger partial charge on any atom is 0.327 e. The van der Waals surface area contributed by atoms with Gasteiger partial charge in [0.25, 0.3) is 0 Å². The van der Waals surface area contributed by atoms with Crippen LogP contribution in [0.1, 0.15) is 39.0 Å². The fourth-order valence-electron chi connectivity index (χ4n) is 3.88. The molecule has 2 saturated heterocycles. The van der Waals surface area contributed by atoms with Crippen molar-refractivity contribution >= 4 is 11.9 Å². The lowest BCUT2D eigenvalue weighted by molar-refractivity contribution is -0.182. The van der Waals surface area contributed by atoms with Gasteiger partial charge in [-0.25, -0.2) is 0 Å². The Hall–Kier alpha value is -1.10. The van der Waals surface area contributed by atoms with Crippen molar-refractivity contribution in [3.8, 4) is 0 Å². The molecule has 1 aliphatic carbocycles. The van der Waals surface area contributed by atoms with E-state index in [1.54, 1.807) is 6.92 Å². The van der Waals surface area contributed by atoms with Gasteiger partial charge in [0.2, 0.25) is 0 Å². The van der Waals surface area contributed by atoms with Crippen molar-refractivity contribution in [2.24, 2.45) is 5.92 Å². The van der Waals surface area contributed by atoms with Gasteiger partial charge in [0.15, 0.2) is 0 Å². The molecule has 0 aromatic rings. The van der Waals surface area contributed by atoms with Gasteiger partial charge in [-0.2, -0.15) is 0 Å². The number of hydrogen-bond donors (Lipinski definition) is 1. The molecule has 1 N–H and O–H groups in total.